The zero-order chi connectivity index (χ0) is 14.4. The van der Waals surface area contributed by atoms with E-state index in [4.69, 9.17) is 0 Å². The van der Waals surface area contributed by atoms with Crippen LogP contribution in [-0.2, 0) is 11.8 Å². The first-order chi connectivity index (χ1) is 10.2. The van der Waals surface area contributed by atoms with Gasteiger partial charge in [0.1, 0.15) is 5.75 Å². The Labute approximate surface area is 127 Å². The van der Waals surface area contributed by atoms with E-state index in [1.165, 1.54) is 43.2 Å². The van der Waals surface area contributed by atoms with Gasteiger partial charge in [-0.05, 0) is 68.3 Å². The van der Waals surface area contributed by atoms with Crippen LogP contribution >= 0.6 is 0 Å². The van der Waals surface area contributed by atoms with Crippen molar-refractivity contribution in [1.82, 2.24) is 5.32 Å². The summed E-state index contributed by atoms with van der Waals surface area (Å²) in [6, 6.07) is 4.94. The van der Waals surface area contributed by atoms with E-state index in [1.54, 1.807) is 0 Å². The number of hydrogen-bond donors (Lipinski definition) is 3. The zero-order valence-corrected chi connectivity index (χ0v) is 12.9. The van der Waals surface area contributed by atoms with Gasteiger partial charge >= 0.3 is 0 Å². The number of rotatable bonds is 2. The van der Waals surface area contributed by atoms with E-state index in [2.05, 4.69) is 29.7 Å². The molecule has 114 valence electrons. The summed E-state index contributed by atoms with van der Waals surface area (Å²) in [4.78, 5) is 0. The van der Waals surface area contributed by atoms with Crippen molar-refractivity contribution >= 4 is 5.69 Å². The number of piperidine rings is 1. The Morgan fingerprint density at radius 2 is 2.24 bits per heavy atom. The molecule has 0 amide bonds. The van der Waals surface area contributed by atoms with Crippen molar-refractivity contribution in [2.24, 2.45) is 5.92 Å². The minimum absolute atomic E-state index is 0.337. The van der Waals surface area contributed by atoms with E-state index in [-0.39, 0.29) is 0 Å². The fourth-order valence-electron chi connectivity index (χ4n) is 5.30. The van der Waals surface area contributed by atoms with Gasteiger partial charge in [-0.25, -0.2) is 0 Å². The molecule has 4 rings (SSSR count). The summed E-state index contributed by atoms with van der Waals surface area (Å²) < 4.78 is 0. The minimum Gasteiger partial charge on any atom is -0.506 e. The fourth-order valence-corrected chi connectivity index (χ4v) is 5.30. The smallest absolute Gasteiger partial charge is 0.138 e. The molecule has 2 bridgehead atoms. The second-order valence-electron chi connectivity index (χ2n) is 7.08. The molecule has 0 unspecified atom stereocenters. The van der Waals surface area contributed by atoms with Gasteiger partial charge < -0.3 is 15.7 Å². The lowest BCUT2D eigenvalue weighted by Crippen LogP contribution is -2.59. The second kappa shape index (κ2) is 4.91. The Balaban J connectivity index is 1.84. The Bertz CT molecular complexity index is 552. The van der Waals surface area contributed by atoms with Crippen LogP contribution in [0.25, 0.3) is 0 Å². The van der Waals surface area contributed by atoms with Crippen LogP contribution in [0.3, 0.4) is 0 Å². The lowest BCUT2D eigenvalue weighted by molar-refractivity contribution is 0.0796. The second-order valence-corrected chi connectivity index (χ2v) is 7.08. The summed E-state index contributed by atoms with van der Waals surface area (Å²) in [5.74, 6) is 1.21. The summed E-state index contributed by atoms with van der Waals surface area (Å²) in [5, 5.41) is 17.5. The van der Waals surface area contributed by atoms with Gasteiger partial charge in [0.15, 0.2) is 0 Å². The maximum Gasteiger partial charge on any atom is 0.138 e. The molecule has 3 heteroatoms. The molecule has 1 heterocycles. The molecule has 0 radical (unpaired) electrons. The first-order valence-electron chi connectivity index (χ1n) is 8.58. The number of aromatic hydroxyl groups is 1. The molecular weight excluding hydrogens is 260 g/mol. The summed E-state index contributed by atoms with van der Waals surface area (Å²) in [7, 11) is 0. The Morgan fingerprint density at radius 1 is 1.33 bits per heavy atom. The highest BCUT2D eigenvalue weighted by atomic mass is 16.3. The number of nitrogens with one attached hydrogen (secondary N) is 2. The highest BCUT2D eigenvalue weighted by Gasteiger charge is 2.51. The maximum absolute atomic E-state index is 10.4. The number of hydrogen-bond acceptors (Lipinski definition) is 3. The molecule has 3 atom stereocenters. The molecule has 3 N–H and O–H groups in total. The van der Waals surface area contributed by atoms with E-state index in [1.807, 2.05) is 0 Å². The molecule has 1 aromatic rings. The number of fused-ring (bicyclic) bond motifs is 1. The van der Waals surface area contributed by atoms with E-state index in [0.29, 0.717) is 17.2 Å². The highest BCUT2D eigenvalue weighted by Crippen LogP contribution is 2.54. The Morgan fingerprint density at radius 3 is 3.10 bits per heavy atom. The van der Waals surface area contributed by atoms with Crippen LogP contribution < -0.4 is 10.6 Å². The van der Waals surface area contributed by atoms with Gasteiger partial charge in [0.25, 0.3) is 0 Å². The number of anilines is 1. The van der Waals surface area contributed by atoms with Crippen molar-refractivity contribution in [3.05, 3.63) is 23.3 Å². The molecule has 0 spiro atoms. The highest BCUT2D eigenvalue weighted by molar-refractivity contribution is 5.62. The van der Waals surface area contributed by atoms with Crippen LogP contribution in [0, 0.1) is 5.92 Å². The molecule has 3 aliphatic rings. The summed E-state index contributed by atoms with van der Waals surface area (Å²) in [5.41, 5.74) is 4.16. The van der Waals surface area contributed by atoms with E-state index >= 15 is 0 Å². The number of benzene rings is 1. The first kappa shape index (κ1) is 13.4. The van der Waals surface area contributed by atoms with Crippen LogP contribution in [0.4, 0.5) is 5.69 Å². The standard InChI is InChI=1S/C18H26N2O/c1-2-19-16-10-12-9-15-13-5-3-4-6-18(13,7-8-20-15)14(12)11-17(16)21/h10-11,13,15,19-21H,2-9H2,1H3/t13-,15+,18+/m1/s1. The topological polar surface area (TPSA) is 44.3 Å². The van der Waals surface area contributed by atoms with Crippen molar-refractivity contribution in [3.8, 4) is 5.75 Å². The van der Waals surface area contributed by atoms with Crippen molar-refractivity contribution in [1.29, 1.82) is 0 Å². The van der Waals surface area contributed by atoms with Gasteiger partial charge in [-0.1, -0.05) is 12.8 Å². The third kappa shape index (κ3) is 1.90. The summed E-state index contributed by atoms with van der Waals surface area (Å²) in [6.45, 7) is 4.06. The molecule has 1 saturated carbocycles. The maximum atomic E-state index is 10.4. The van der Waals surface area contributed by atoms with Gasteiger partial charge in [-0.3, -0.25) is 0 Å². The first-order valence-corrected chi connectivity index (χ1v) is 8.58. The van der Waals surface area contributed by atoms with Crippen LogP contribution in [0.5, 0.6) is 5.75 Å². The van der Waals surface area contributed by atoms with E-state index in [0.717, 1.165) is 31.1 Å². The van der Waals surface area contributed by atoms with Gasteiger partial charge in [-0.15, -0.1) is 0 Å². The van der Waals surface area contributed by atoms with Crippen molar-refractivity contribution in [2.45, 2.75) is 56.9 Å². The summed E-state index contributed by atoms with van der Waals surface area (Å²) >= 11 is 0. The van der Waals surface area contributed by atoms with Crippen LogP contribution in [-0.4, -0.2) is 24.2 Å². The molecule has 3 nitrogen and oxygen atoms in total. The molecule has 1 saturated heterocycles. The average molecular weight is 286 g/mol. The predicted molar refractivity (Wildman–Crippen MR) is 86.0 cm³/mol. The average Bonchev–Trinajstić information content (AvgIpc) is 2.49. The van der Waals surface area contributed by atoms with E-state index < -0.39 is 0 Å². The molecule has 1 aromatic carbocycles. The van der Waals surface area contributed by atoms with Crippen molar-refractivity contribution in [3.63, 3.8) is 0 Å². The van der Waals surface area contributed by atoms with Crippen molar-refractivity contribution in [2.75, 3.05) is 18.4 Å². The van der Waals surface area contributed by atoms with Gasteiger partial charge in [-0.2, -0.15) is 0 Å². The van der Waals surface area contributed by atoms with E-state index in [9.17, 15) is 5.11 Å². The van der Waals surface area contributed by atoms with Crippen molar-refractivity contribution < 1.29 is 5.11 Å². The molecular formula is C18H26N2O. The Hall–Kier alpha value is -1.22. The Kier molecular flexibility index (Phi) is 3.14. The summed E-state index contributed by atoms with van der Waals surface area (Å²) in [6.07, 6.45) is 7.75. The van der Waals surface area contributed by atoms with Gasteiger partial charge in [0.2, 0.25) is 0 Å². The number of phenols is 1. The molecule has 2 fully saturated rings. The lowest BCUT2D eigenvalue weighted by Gasteiger charge is -2.56. The van der Waals surface area contributed by atoms with Crippen LogP contribution in [0.1, 0.15) is 50.2 Å². The van der Waals surface area contributed by atoms with Crippen LogP contribution in [0.15, 0.2) is 12.1 Å². The number of phenolic OH excluding ortho intramolecular Hbond substituents is 1. The largest absolute Gasteiger partial charge is 0.506 e. The monoisotopic (exact) mass is 286 g/mol. The van der Waals surface area contributed by atoms with Crippen LogP contribution in [0.2, 0.25) is 0 Å². The fraction of sp³-hybridized carbons (Fsp3) is 0.667. The molecule has 2 aliphatic carbocycles. The quantitative estimate of drug-likeness (QED) is 0.732. The third-order valence-electron chi connectivity index (χ3n) is 6.13. The lowest BCUT2D eigenvalue weighted by atomic mass is 9.53. The molecule has 21 heavy (non-hydrogen) atoms. The van der Waals surface area contributed by atoms with Gasteiger partial charge in [0.05, 0.1) is 5.69 Å². The SMILES string of the molecule is CCNc1cc2c(cc1O)[C@]13CCCC[C@@H]1[C@H](C2)NCC3. The minimum atomic E-state index is 0.337. The normalized spacial score (nSPS) is 34.0. The molecule has 0 aromatic heterocycles. The van der Waals surface area contributed by atoms with Gasteiger partial charge in [0, 0.05) is 18.0 Å². The third-order valence-corrected chi connectivity index (χ3v) is 6.13. The zero-order valence-electron chi connectivity index (χ0n) is 12.9. The predicted octanol–water partition coefficient (Wildman–Crippen LogP) is 3.17. The molecule has 1 aliphatic heterocycles.